The standard InChI is InChI=1S/C18H23N3/c1-13(20-18(15-2-3-15)16-4-5-16)14-6-8-17(9-7-14)21-11-10-19-12-21/h6-13,15-16,18,20H,2-5H2,1H3. The first-order valence-electron chi connectivity index (χ1n) is 8.15. The molecular weight excluding hydrogens is 258 g/mol. The topological polar surface area (TPSA) is 29.9 Å². The van der Waals surface area contributed by atoms with Crippen LogP contribution in [0.3, 0.4) is 0 Å². The first kappa shape index (κ1) is 13.1. The number of hydrogen-bond acceptors (Lipinski definition) is 2. The molecule has 21 heavy (non-hydrogen) atoms. The molecule has 1 atom stereocenters. The van der Waals surface area contributed by atoms with E-state index < -0.39 is 0 Å². The Balaban J connectivity index is 1.45. The Morgan fingerprint density at radius 2 is 1.76 bits per heavy atom. The number of rotatable bonds is 6. The summed E-state index contributed by atoms with van der Waals surface area (Å²) in [5, 5.41) is 3.89. The lowest BCUT2D eigenvalue weighted by atomic mass is 10.0. The van der Waals surface area contributed by atoms with Crippen molar-refractivity contribution in [3.63, 3.8) is 0 Å². The van der Waals surface area contributed by atoms with E-state index in [1.807, 2.05) is 23.3 Å². The molecule has 1 N–H and O–H groups in total. The Labute approximate surface area is 126 Å². The molecule has 1 unspecified atom stereocenters. The van der Waals surface area contributed by atoms with Gasteiger partial charge in [-0.2, -0.15) is 0 Å². The van der Waals surface area contributed by atoms with Gasteiger partial charge in [0.05, 0.1) is 6.33 Å². The quantitative estimate of drug-likeness (QED) is 0.874. The van der Waals surface area contributed by atoms with Crippen LogP contribution >= 0.6 is 0 Å². The minimum Gasteiger partial charge on any atom is -0.307 e. The monoisotopic (exact) mass is 281 g/mol. The van der Waals surface area contributed by atoms with E-state index >= 15 is 0 Å². The SMILES string of the molecule is CC(NC(C1CC1)C1CC1)c1ccc(-n2ccnc2)cc1. The highest BCUT2D eigenvalue weighted by Crippen LogP contribution is 2.45. The van der Waals surface area contributed by atoms with E-state index in [1.165, 1.54) is 36.9 Å². The molecule has 3 heteroatoms. The van der Waals surface area contributed by atoms with Gasteiger partial charge in [0.1, 0.15) is 0 Å². The lowest BCUT2D eigenvalue weighted by molar-refractivity contribution is 0.377. The van der Waals surface area contributed by atoms with Gasteiger partial charge in [-0.05, 0) is 62.1 Å². The fourth-order valence-electron chi connectivity index (χ4n) is 3.30. The van der Waals surface area contributed by atoms with Gasteiger partial charge in [-0.25, -0.2) is 4.98 Å². The molecule has 0 bridgehead atoms. The molecule has 2 aliphatic carbocycles. The summed E-state index contributed by atoms with van der Waals surface area (Å²) < 4.78 is 2.04. The fourth-order valence-corrected chi connectivity index (χ4v) is 3.30. The van der Waals surface area contributed by atoms with Crippen molar-refractivity contribution in [2.24, 2.45) is 11.8 Å². The van der Waals surface area contributed by atoms with Gasteiger partial charge in [-0.15, -0.1) is 0 Å². The van der Waals surface area contributed by atoms with E-state index in [-0.39, 0.29) is 0 Å². The molecule has 0 spiro atoms. The average molecular weight is 281 g/mol. The Morgan fingerprint density at radius 1 is 1.10 bits per heavy atom. The highest BCUT2D eigenvalue weighted by atomic mass is 15.0. The third kappa shape index (κ3) is 2.88. The number of nitrogens with zero attached hydrogens (tertiary/aromatic N) is 2. The van der Waals surface area contributed by atoms with Crippen LogP contribution in [-0.4, -0.2) is 15.6 Å². The Kier molecular flexibility index (Phi) is 3.30. The van der Waals surface area contributed by atoms with Crippen molar-refractivity contribution in [1.29, 1.82) is 0 Å². The summed E-state index contributed by atoms with van der Waals surface area (Å²) in [6.45, 7) is 2.30. The number of aromatic nitrogens is 2. The Bertz CT molecular complexity index is 567. The van der Waals surface area contributed by atoms with Gasteiger partial charge in [0.15, 0.2) is 0 Å². The second-order valence-electron chi connectivity index (χ2n) is 6.65. The molecule has 0 aliphatic heterocycles. The van der Waals surface area contributed by atoms with Crippen LogP contribution in [0.15, 0.2) is 43.0 Å². The van der Waals surface area contributed by atoms with Gasteiger partial charge in [0.2, 0.25) is 0 Å². The van der Waals surface area contributed by atoms with Crippen LogP contribution in [0.4, 0.5) is 0 Å². The van der Waals surface area contributed by atoms with Crippen molar-refractivity contribution < 1.29 is 0 Å². The van der Waals surface area contributed by atoms with Crippen molar-refractivity contribution in [3.05, 3.63) is 48.5 Å². The molecule has 1 aromatic heterocycles. The zero-order valence-electron chi connectivity index (χ0n) is 12.6. The Hall–Kier alpha value is -1.61. The van der Waals surface area contributed by atoms with Gasteiger partial charge in [0, 0.05) is 30.2 Å². The largest absolute Gasteiger partial charge is 0.307 e. The van der Waals surface area contributed by atoms with Crippen LogP contribution < -0.4 is 5.32 Å². The smallest absolute Gasteiger partial charge is 0.0991 e. The summed E-state index contributed by atoms with van der Waals surface area (Å²) in [6, 6.07) is 10.0. The van der Waals surface area contributed by atoms with Gasteiger partial charge in [-0.1, -0.05) is 12.1 Å². The predicted octanol–water partition coefficient (Wildman–Crippen LogP) is 3.71. The van der Waals surface area contributed by atoms with Gasteiger partial charge in [-0.3, -0.25) is 0 Å². The van der Waals surface area contributed by atoms with Gasteiger partial charge < -0.3 is 9.88 Å². The molecule has 0 radical (unpaired) electrons. The van der Waals surface area contributed by atoms with Crippen molar-refractivity contribution in [2.75, 3.05) is 0 Å². The van der Waals surface area contributed by atoms with E-state index in [1.54, 1.807) is 0 Å². The minimum absolute atomic E-state index is 0.438. The molecule has 3 nitrogen and oxygen atoms in total. The normalized spacial score (nSPS) is 19.9. The molecule has 1 heterocycles. The van der Waals surface area contributed by atoms with Crippen LogP contribution in [-0.2, 0) is 0 Å². The highest BCUT2D eigenvalue weighted by Gasteiger charge is 2.41. The molecule has 2 saturated carbocycles. The molecular formula is C18H23N3. The third-order valence-electron chi connectivity index (χ3n) is 4.90. The van der Waals surface area contributed by atoms with E-state index in [0.717, 1.165) is 17.9 Å². The first-order chi connectivity index (χ1) is 10.3. The van der Waals surface area contributed by atoms with E-state index in [4.69, 9.17) is 0 Å². The van der Waals surface area contributed by atoms with E-state index in [0.29, 0.717) is 6.04 Å². The Morgan fingerprint density at radius 3 is 2.29 bits per heavy atom. The van der Waals surface area contributed by atoms with Crippen LogP contribution in [0.2, 0.25) is 0 Å². The zero-order chi connectivity index (χ0) is 14.2. The zero-order valence-corrected chi connectivity index (χ0v) is 12.6. The minimum atomic E-state index is 0.438. The third-order valence-corrected chi connectivity index (χ3v) is 4.90. The van der Waals surface area contributed by atoms with Crippen LogP contribution in [0, 0.1) is 11.8 Å². The maximum atomic E-state index is 4.10. The molecule has 0 amide bonds. The number of benzene rings is 1. The summed E-state index contributed by atoms with van der Waals surface area (Å²) in [5.74, 6) is 1.90. The van der Waals surface area contributed by atoms with E-state index in [9.17, 15) is 0 Å². The molecule has 2 aliphatic rings. The van der Waals surface area contributed by atoms with Crippen LogP contribution in [0.5, 0.6) is 0 Å². The maximum Gasteiger partial charge on any atom is 0.0991 e. The van der Waals surface area contributed by atoms with Crippen LogP contribution in [0.25, 0.3) is 5.69 Å². The maximum absolute atomic E-state index is 4.10. The molecule has 110 valence electrons. The summed E-state index contributed by atoms with van der Waals surface area (Å²) in [5.41, 5.74) is 2.55. The van der Waals surface area contributed by atoms with Gasteiger partial charge >= 0.3 is 0 Å². The summed E-state index contributed by atoms with van der Waals surface area (Å²) in [6.07, 6.45) is 11.4. The van der Waals surface area contributed by atoms with Crippen molar-refractivity contribution in [1.82, 2.24) is 14.9 Å². The highest BCUT2D eigenvalue weighted by molar-refractivity contribution is 5.35. The molecule has 2 fully saturated rings. The second kappa shape index (κ2) is 5.30. The lowest BCUT2D eigenvalue weighted by Gasteiger charge is -2.23. The summed E-state index contributed by atoms with van der Waals surface area (Å²) >= 11 is 0. The number of hydrogen-bond donors (Lipinski definition) is 1. The molecule has 1 aromatic carbocycles. The molecule has 0 saturated heterocycles. The average Bonchev–Trinajstić information content (AvgIpc) is 3.44. The first-order valence-corrected chi connectivity index (χ1v) is 8.15. The fraction of sp³-hybridized carbons (Fsp3) is 0.500. The van der Waals surface area contributed by atoms with Crippen molar-refractivity contribution in [2.45, 2.75) is 44.7 Å². The van der Waals surface area contributed by atoms with Crippen LogP contribution in [0.1, 0.15) is 44.2 Å². The van der Waals surface area contributed by atoms with Crippen molar-refractivity contribution >= 4 is 0 Å². The number of imidazole rings is 1. The molecule has 2 aromatic rings. The van der Waals surface area contributed by atoms with Gasteiger partial charge in [0.25, 0.3) is 0 Å². The molecule has 4 rings (SSSR count). The predicted molar refractivity (Wildman–Crippen MR) is 84.4 cm³/mol. The van der Waals surface area contributed by atoms with Crippen molar-refractivity contribution in [3.8, 4) is 5.69 Å². The second-order valence-corrected chi connectivity index (χ2v) is 6.65. The summed E-state index contributed by atoms with van der Waals surface area (Å²) in [4.78, 5) is 4.10. The number of nitrogens with one attached hydrogen (secondary N) is 1. The van der Waals surface area contributed by atoms with E-state index in [2.05, 4.69) is 41.5 Å². The lowest BCUT2D eigenvalue weighted by Crippen LogP contribution is -2.35. The summed E-state index contributed by atoms with van der Waals surface area (Å²) in [7, 11) is 0.